The van der Waals surface area contributed by atoms with Crippen molar-refractivity contribution in [3.05, 3.63) is 59.4 Å². The minimum absolute atomic E-state index is 0.0505. The lowest BCUT2D eigenvalue weighted by Gasteiger charge is -2.13. The fourth-order valence-corrected chi connectivity index (χ4v) is 1.98. The molecule has 0 radical (unpaired) electrons. The van der Waals surface area contributed by atoms with E-state index in [4.69, 9.17) is 4.74 Å². The average molecular weight is 293 g/mol. The van der Waals surface area contributed by atoms with E-state index in [0.29, 0.717) is 17.4 Å². The van der Waals surface area contributed by atoms with Gasteiger partial charge in [0.2, 0.25) is 0 Å². The predicted octanol–water partition coefficient (Wildman–Crippen LogP) is 2.78. The molecule has 6 heteroatoms. The second-order valence-electron chi connectivity index (χ2n) is 4.46. The zero-order valence-corrected chi connectivity index (χ0v) is 11.2. The first-order chi connectivity index (χ1) is 10.0. The van der Waals surface area contributed by atoms with Gasteiger partial charge in [0, 0.05) is 6.07 Å². The Morgan fingerprint density at radius 2 is 2.00 bits per heavy atom. The van der Waals surface area contributed by atoms with Crippen molar-refractivity contribution in [2.24, 2.45) is 0 Å². The third kappa shape index (κ3) is 3.53. The lowest BCUT2D eigenvalue weighted by Crippen LogP contribution is -2.17. The van der Waals surface area contributed by atoms with Gasteiger partial charge in [0.1, 0.15) is 23.3 Å². The number of halogens is 2. The van der Waals surface area contributed by atoms with E-state index in [2.05, 4.69) is 4.98 Å². The highest BCUT2D eigenvalue weighted by Gasteiger charge is 2.25. The number of carbonyl (C=O) groups is 1. The van der Waals surface area contributed by atoms with Gasteiger partial charge in [-0.25, -0.2) is 8.78 Å². The van der Waals surface area contributed by atoms with Crippen molar-refractivity contribution in [1.29, 1.82) is 0 Å². The number of benzene rings is 1. The molecule has 2 rings (SSSR count). The van der Waals surface area contributed by atoms with Gasteiger partial charge in [-0.3, -0.25) is 9.78 Å². The summed E-state index contributed by atoms with van der Waals surface area (Å²) < 4.78 is 31.6. The highest BCUT2D eigenvalue weighted by Crippen LogP contribution is 2.23. The van der Waals surface area contributed by atoms with E-state index >= 15 is 0 Å². The molecule has 0 saturated carbocycles. The van der Waals surface area contributed by atoms with E-state index in [9.17, 15) is 18.7 Å². The van der Waals surface area contributed by atoms with Crippen molar-refractivity contribution in [3.8, 4) is 5.75 Å². The number of aliphatic carboxylic acids is 1. The molecule has 0 aliphatic heterocycles. The van der Waals surface area contributed by atoms with Gasteiger partial charge in [-0.2, -0.15) is 0 Å². The highest BCUT2D eigenvalue weighted by atomic mass is 19.1. The maximum absolute atomic E-state index is 13.7. The minimum atomic E-state index is -1.22. The summed E-state index contributed by atoms with van der Waals surface area (Å²) in [6.07, 6.45) is 0.858. The summed E-state index contributed by atoms with van der Waals surface area (Å²) in [7, 11) is 1.52. The fourth-order valence-electron chi connectivity index (χ4n) is 1.98. The van der Waals surface area contributed by atoms with Gasteiger partial charge in [0.15, 0.2) is 0 Å². The van der Waals surface area contributed by atoms with Crippen LogP contribution in [-0.2, 0) is 11.2 Å². The molecule has 0 aliphatic carbocycles. The van der Waals surface area contributed by atoms with Gasteiger partial charge in [0.25, 0.3) is 0 Å². The summed E-state index contributed by atoms with van der Waals surface area (Å²) in [5.74, 6) is -3.57. The monoisotopic (exact) mass is 293 g/mol. The van der Waals surface area contributed by atoms with Crippen LogP contribution in [-0.4, -0.2) is 23.2 Å². The van der Waals surface area contributed by atoms with Crippen LogP contribution in [0.25, 0.3) is 0 Å². The highest BCUT2D eigenvalue weighted by molar-refractivity contribution is 5.76. The molecule has 1 heterocycles. The summed E-state index contributed by atoms with van der Waals surface area (Å²) in [4.78, 5) is 14.9. The van der Waals surface area contributed by atoms with Crippen LogP contribution in [0.1, 0.15) is 17.2 Å². The summed E-state index contributed by atoms with van der Waals surface area (Å²) in [5, 5.41) is 9.26. The molecule has 0 amide bonds. The Morgan fingerprint density at radius 3 is 2.52 bits per heavy atom. The summed E-state index contributed by atoms with van der Waals surface area (Å²) in [6.45, 7) is 0. The Hall–Kier alpha value is -2.50. The quantitative estimate of drug-likeness (QED) is 0.921. The molecule has 21 heavy (non-hydrogen) atoms. The molecule has 110 valence electrons. The van der Waals surface area contributed by atoms with Crippen molar-refractivity contribution in [3.63, 3.8) is 0 Å². The van der Waals surface area contributed by atoms with Gasteiger partial charge in [-0.05, 0) is 24.1 Å². The number of hydrogen-bond donors (Lipinski definition) is 1. The van der Waals surface area contributed by atoms with Crippen LogP contribution in [0.4, 0.5) is 8.78 Å². The topological polar surface area (TPSA) is 59.4 Å². The Balaban J connectivity index is 2.28. The summed E-state index contributed by atoms with van der Waals surface area (Å²) >= 11 is 0. The van der Waals surface area contributed by atoms with Crippen LogP contribution in [0.3, 0.4) is 0 Å². The molecule has 4 nitrogen and oxygen atoms in total. The van der Waals surface area contributed by atoms with Gasteiger partial charge in [0.05, 0.1) is 19.0 Å². The van der Waals surface area contributed by atoms with Crippen LogP contribution < -0.4 is 4.74 Å². The van der Waals surface area contributed by atoms with Crippen LogP contribution in [0.2, 0.25) is 0 Å². The summed E-state index contributed by atoms with van der Waals surface area (Å²) in [5.41, 5.74) is 0.411. The first-order valence-electron chi connectivity index (χ1n) is 6.18. The van der Waals surface area contributed by atoms with Gasteiger partial charge < -0.3 is 9.84 Å². The second kappa shape index (κ2) is 6.30. The number of aromatic nitrogens is 1. The van der Waals surface area contributed by atoms with Gasteiger partial charge in [-0.1, -0.05) is 12.1 Å². The lowest BCUT2D eigenvalue weighted by atomic mass is 9.95. The van der Waals surface area contributed by atoms with Crippen molar-refractivity contribution in [2.75, 3.05) is 7.11 Å². The second-order valence-corrected chi connectivity index (χ2v) is 4.46. The van der Waals surface area contributed by atoms with Gasteiger partial charge >= 0.3 is 5.97 Å². The van der Waals surface area contributed by atoms with E-state index in [1.54, 1.807) is 24.3 Å². The minimum Gasteiger partial charge on any atom is -0.497 e. The van der Waals surface area contributed by atoms with Crippen molar-refractivity contribution < 1.29 is 23.4 Å². The molecule has 1 unspecified atom stereocenters. The molecule has 1 atom stereocenters. The van der Waals surface area contributed by atoms with Crippen molar-refractivity contribution in [1.82, 2.24) is 4.98 Å². The number of ether oxygens (including phenoxy) is 1. The first kappa shape index (κ1) is 14.9. The molecular weight excluding hydrogens is 280 g/mol. The smallest absolute Gasteiger partial charge is 0.313 e. The van der Waals surface area contributed by atoms with Crippen molar-refractivity contribution in [2.45, 2.75) is 12.3 Å². The number of rotatable bonds is 5. The maximum atomic E-state index is 13.7. The predicted molar refractivity (Wildman–Crippen MR) is 71.2 cm³/mol. The molecule has 1 aromatic carbocycles. The Kier molecular flexibility index (Phi) is 4.47. The van der Waals surface area contributed by atoms with E-state index < -0.39 is 23.5 Å². The lowest BCUT2D eigenvalue weighted by molar-refractivity contribution is -0.138. The zero-order chi connectivity index (χ0) is 15.4. The SMILES string of the molecule is COc1ccc(CC(C(=O)O)c2ncc(F)cc2F)cc1. The molecule has 1 N–H and O–H groups in total. The van der Waals surface area contributed by atoms with E-state index in [-0.39, 0.29) is 12.1 Å². The number of nitrogens with zero attached hydrogens (tertiary/aromatic N) is 1. The largest absolute Gasteiger partial charge is 0.497 e. The van der Waals surface area contributed by atoms with E-state index in [0.717, 1.165) is 6.20 Å². The molecule has 1 aromatic heterocycles. The third-order valence-electron chi connectivity index (χ3n) is 3.06. The van der Waals surface area contributed by atoms with Crippen LogP contribution in [0.5, 0.6) is 5.75 Å². The number of methoxy groups -OCH3 is 1. The normalized spacial score (nSPS) is 12.0. The van der Waals surface area contributed by atoms with Crippen LogP contribution in [0.15, 0.2) is 36.5 Å². The van der Waals surface area contributed by atoms with Crippen molar-refractivity contribution >= 4 is 5.97 Å². The Bertz CT molecular complexity index is 644. The Morgan fingerprint density at radius 1 is 1.33 bits per heavy atom. The zero-order valence-electron chi connectivity index (χ0n) is 11.2. The summed E-state index contributed by atoms with van der Waals surface area (Å²) in [6, 6.07) is 7.38. The molecule has 0 saturated heterocycles. The standard InChI is InChI=1S/C15H13F2NO3/c1-21-11-4-2-9(3-5-11)6-12(15(19)20)14-13(17)7-10(16)8-18-14/h2-5,7-8,12H,6H2,1H3,(H,19,20). The molecule has 0 bridgehead atoms. The van der Waals surface area contributed by atoms with Gasteiger partial charge in [-0.15, -0.1) is 0 Å². The number of hydrogen-bond acceptors (Lipinski definition) is 3. The molecular formula is C15H13F2NO3. The number of pyridine rings is 1. The third-order valence-corrected chi connectivity index (χ3v) is 3.06. The number of carboxylic acid groups (broad SMARTS) is 1. The first-order valence-corrected chi connectivity index (χ1v) is 6.18. The Labute approximate surface area is 120 Å². The van der Waals surface area contributed by atoms with Crippen LogP contribution in [0, 0.1) is 11.6 Å². The van der Waals surface area contributed by atoms with E-state index in [1.807, 2.05) is 0 Å². The molecule has 0 fully saturated rings. The van der Waals surface area contributed by atoms with Crippen LogP contribution >= 0.6 is 0 Å². The number of carboxylic acids is 1. The molecule has 0 spiro atoms. The molecule has 2 aromatic rings. The molecule has 0 aliphatic rings. The maximum Gasteiger partial charge on any atom is 0.313 e. The fraction of sp³-hybridized carbons (Fsp3) is 0.200. The van der Waals surface area contributed by atoms with E-state index in [1.165, 1.54) is 7.11 Å². The average Bonchev–Trinajstić information content (AvgIpc) is 2.46.